The summed E-state index contributed by atoms with van der Waals surface area (Å²) in [7, 11) is 0. The number of fused-ring (bicyclic) bond motifs is 3. The van der Waals surface area contributed by atoms with Gasteiger partial charge >= 0.3 is 6.18 Å². The van der Waals surface area contributed by atoms with E-state index >= 15 is 0 Å². The molecule has 2 aromatic heterocycles. The molecule has 4 aromatic rings. The first kappa shape index (κ1) is 16.6. The molecule has 0 spiro atoms. The molecule has 0 saturated heterocycles. The zero-order chi connectivity index (χ0) is 18.3. The quantitative estimate of drug-likeness (QED) is 0.562. The van der Waals surface area contributed by atoms with E-state index in [4.69, 9.17) is 0 Å². The standard InChI is InChI=1S/C18H12F3N3OS/c19-18(20,21)11-4-3-5-12(8-11)22-16(25)9-13-10-26-17-23-14-6-1-2-7-15(14)24(13)17/h1-8,10H,9H2,(H,22,25). The van der Waals surface area contributed by atoms with Crippen LogP contribution in [0.5, 0.6) is 0 Å². The topological polar surface area (TPSA) is 46.4 Å². The summed E-state index contributed by atoms with van der Waals surface area (Å²) in [6.07, 6.45) is -4.41. The van der Waals surface area contributed by atoms with E-state index in [9.17, 15) is 18.0 Å². The average Bonchev–Trinajstić information content (AvgIpc) is 3.14. The number of imidazole rings is 1. The number of nitrogens with zero attached hydrogens (tertiary/aromatic N) is 2. The van der Waals surface area contributed by atoms with Crippen molar-refractivity contribution in [1.82, 2.24) is 9.38 Å². The number of halogens is 3. The molecule has 132 valence electrons. The van der Waals surface area contributed by atoms with Crippen LogP contribution in [0.1, 0.15) is 11.3 Å². The van der Waals surface area contributed by atoms with E-state index < -0.39 is 11.7 Å². The number of thiazole rings is 1. The highest BCUT2D eigenvalue weighted by atomic mass is 32.1. The highest BCUT2D eigenvalue weighted by molar-refractivity contribution is 7.15. The van der Waals surface area contributed by atoms with E-state index in [1.54, 1.807) is 0 Å². The molecule has 0 aliphatic heterocycles. The molecule has 4 nitrogen and oxygen atoms in total. The Morgan fingerprint density at radius 3 is 2.77 bits per heavy atom. The zero-order valence-electron chi connectivity index (χ0n) is 13.2. The molecule has 8 heteroatoms. The van der Waals surface area contributed by atoms with Crippen LogP contribution in [0.4, 0.5) is 18.9 Å². The van der Waals surface area contributed by atoms with Gasteiger partial charge in [0.05, 0.1) is 23.0 Å². The maximum atomic E-state index is 12.8. The van der Waals surface area contributed by atoms with Crippen molar-refractivity contribution in [3.05, 3.63) is 65.2 Å². The number of hydrogen-bond donors (Lipinski definition) is 1. The number of nitrogens with one attached hydrogen (secondary N) is 1. The molecular formula is C18H12F3N3OS. The van der Waals surface area contributed by atoms with E-state index in [1.807, 2.05) is 34.0 Å². The van der Waals surface area contributed by atoms with Crippen LogP contribution < -0.4 is 5.32 Å². The van der Waals surface area contributed by atoms with Crippen molar-refractivity contribution in [2.24, 2.45) is 0 Å². The van der Waals surface area contributed by atoms with Crippen molar-refractivity contribution in [3.8, 4) is 0 Å². The highest BCUT2D eigenvalue weighted by Gasteiger charge is 2.30. The molecule has 1 amide bonds. The minimum absolute atomic E-state index is 0.0383. The third-order valence-corrected chi connectivity index (χ3v) is 4.81. The van der Waals surface area contributed by atoms with Crippen LogP contribution in [0.25, 0.3) is 16.0 Å². The zero-order valence-corrected chi connectivity index (χ0v) is 14.1. The van der Waals surface area contributed by atoms with E-state index in [0.29, 0.717) is 0 Å². The van der Waals surface area contributed by atoms with Crippen LogP contribution in [0.15, 0.2) is 53.9 Å². The lowest BCUT2D eigenvalue weighted by atomic mass is 10.2. The maximum Gasteiger partial charge on any atom is 0.416 e. The molecule has 26 heavy (non-hydrogen) atoms. The summed E-state index contributed by atoms with van der Waals surface area (Å²) >= 11 is 1.42. The second-order valence-electron chi connectivity index (χ2n) is 5.75. The first-order chi connectivity index (χ1) is 12.4. The minimum atomic E-state index is -4.45. The monoisotopic (exact) mass is 375 g/mol. The third-order valence-electron chi connectivity index (χ3n) is 3.93. The molecule has 0 unspecified atom stereocenters. The minimum Gasteiger partial charge on any atom is -0.326 e. The van der Waals surface area contributed by atoms with E-state index in [0.717, 1.165) is 33.8 Å². The summed E-state index contributed by atoms with van der Waals surface area (Å²) in [4.78, 5) is 17.6. The summed E-state index contributed by atoms with van der Waals surface area (Å²) in [5.74, 6) is -0.387. The van der Waals surface area contributed by atoms with Crippen LogP contribution in [-0.2, 0) is 17.4 Å². The van der Waals surface area contributed by atoms with Crippen molar-refractivity contribution in [2.45, 2.75) is 12.6 Å². The highest BCUT2D eigenvalue weighted by Crippen LogP contribution is 2.30. The number of carbonyl (C=O) groups is 1. The lowest BCUT2D eigenvalue weighted by Crippen LogP contribution is -2.16. The number of amides is 1. The second kappa shape index (κ2) is 6.14. The number of aromatic nitrogens is 2. The van der Waals surface area contributed by atoms with Crippen LogP contribution >= 0.6 is 11.3 Å². The van der Waals surface area contributed by atoms with Gasteiger partial charge in [0.15, 0.2) is 4.96 Å². The van der Waals surface area contributed by atoms with Gasteiger partial charge in [-0.3, -0.25) is 9.20 Å². The summed E-state index contributed by atoms with van der Waals surface area (Å²) < 4.78 is 40.2. The lowest BCUT2D eigenvalue weighted by Gasteiger charge is -2.10. The lowest BCUT2D eigenvalue weighted by molar-refractivity contribution is -0.137. The van der Waals surface area contributed by atoms with E-state index in [1.165, 1.54) is 23.5 Å². The van der Waals surface area contributed by atoms with Gasteiger partial charge in [0, 0.05) is 16.8 Å². The number of alkyl halides is 3. The smallest absolute Gasteiger partial charge is 0.326 e. The molecule has 0 aliphatic carbocycles. The van der Waals surface area contributed by atoms with Gasteiger partial charge < -0.3 is 5.32 Å². The molecule has 0 bridgehead atoms. The Morgan fingerprint density at radius 2 is 1.96 bits per heavy atom. The number of benzene rings is 2. The van der Waals surface area contributed by atoms with Crippen molar-refractivity contribution < 1.29 is 18.0 Å². The molecule has 0 fully saturated rings. The Labute approximate surface area is 149 Å². The van der Waals surface area contributed by atoms with Gasteiger partial charge in [-0.05, 0) is 30.3 Å². The summed E-state index contributed by atoms with van der Waals surface area (Å²) in [5, 5.41) is 4.36. The van der Waals surface area contributed by atoms with Crippen molar-refractivity contribution in [1.29, 1.82) is 0 Å². The Kier molecular flexibility index (Phi) is 3.91. The molecule has 4 rings (SSSR count). The fourth-order valence-electron chi connectivity index (χ4n) is 2.80. The first-order valence-corrected chi connectivity index (χ1v) is 8.60. The Morgan fingerprint density at radius 1 is 1.15 bits per heavy atom. The van der Waals surface area contributed by atoms with Crippen molar-refractivity contribution >= 4 is 38.9 Å². The van der Waals surface area contributed by atoms with Gasteiger partial charge in [0.2, 0.25) is 5.91 Å². The maximum absolute atomic E-state index is 12.8. The average molecular weight is 375 g/mol. The fraction of sp³-hybridized carbons (Fsp3) is 0.111. The largest absolute Gasteiger partial charge is 0.416 e. The summed E-state index contributed by atoms with van der Waals surface area (Å²) in [5.41, 5.74) is 1.79. The van der Waals surface area contributed by atoms with Crippen LogP contribution in [-0.4, -0.2) is 15.3 Å². The number of rotatable bonds is 3. The predicted octanol–water partition coefficient (Wildman–Crippen LogP) is 4.75. The number of hydrogen-bond acceptors (Lipinski definition) is 3. The second-order valence-corrected chi connectivity index (χ2v) is 6.59. The van der Waals surface area contributed by atoms with E-state index in [-0.39, 0.29) is 18.0 Å². The third kappa shape index (κ3) is 3.03. The Balaban J connectivity index is 1.58. The molecule has 2 aromatic carbocycles. The van der Waals surface area contributed by atoms with Crippen LogP contribution in [0.2, 0.25) is 0 Å². The van der Waals surface area contributed by atoms with Gasteiger partial charge in [-0.25, -0.2) is 4.98 Å². The number of para-hydroxylation sites is 2. The summed E-state index contributed by atoms with van der Waals surface area (Å²) in [6.45, 7) is 0. The normalized spacial score (nSPS) is 12.0. The molecule has 0 atom stereocenters. The van der Waals surface area contributed by atoms with Gasteiger partial charge in [-0.15, -0.1) is 11.3 Å². The molecule has 1 N–H and O–H groups in total. The number of carbonyl (C=O) groups excluding carboxylic acids is 1. The van der Waals surface area contributed by atoms with Gasteiger partial charge in [-0.2, -0.15) is 13.2 Å². The Bertz CT molecular complexity index is 1110. The van der Waals surface area contributed by atoms with Crippen LogP contribution in [0.3, 0.4) is 0 Å². The fourth-order valence-corrected chi connectivity index (χ4v) is 3.70. The molecule has 0 aliphatic rings. The van der Waals surface area contributed by atoms with Crippen molar-refractivity contribution in [3.63, 3.8) is 0 Å². The Hall–Kier alpha value is -2.87. The SMILES string of the molecule is O=C(Cc1csc2nc3ccccc3n12)Nc1cccc(C(F)(F)F)c1. The van der Waals surface area contributed by atoms with Gasteiger partial charge in [0.25, 0.3) is 0 Å². The molecular weight excluding hydrogens is 363 g/mol. The van der Waals surface area contributed by atoms with Crippen molar-refractivity contribution in [2.75, 3.05) is 5.32 Å². The predicted molar refractivity (Wildman–Crippen MR) is 94.4 cm³/mol. The summed E-state index contributed by atoms with van der Waals surface area (Å²) in [6, 6.07) is 12.2. The van der Waals surface area contributed by atoms with Gasteiger partial charge in [-0.1, -0.05) is 18.2 Å². The van der Waals surface area contributed by atoms with Gasteiger partial charge in [0.1, 0.15) is 0 Å². The molecule has 0 radical (unpaired) electrons. The number of anilines is 1. The molecule has 2 heterocycles. The molecule has 0 saturated carbocycles. The first-order valence-electron chi connectivity index (χ1n) is 7.72. The van der Waals surface area contributed by atoms with E-state index in [2.05, 4.69) is 10.3 Å². The van der Waals surface area contributed by atoms with Crippen LogP contribution in [0, 0.1) is 0 Å².